The molecule has 0 saturated carbocycles. The number of thioether (sulfide) groups is 1. The normalized spacial score (nSPS) is 15.0. The maximum Gasteiger partial charge on any atom is 0.252 e. The minimum Gasteiger partial charge on any atom is -0.497 e. The Morgan fingerprint density at radius 1 is 1.16 bits per heavy atom. The predicted molar refractivity (Wildman–Crippen MR) is 129 cm³/mol. The molecule has 1 aliphatic heterocycles. The summed E-state index contributed by atoms with van der Waals surface area (Å²) in [5, 5.41) is 7.46. The smallest absolute Gasteiger partial charge is 0.252 e. The van der Waals surface area contributed by atoms with Gasteiger partial charge in [-0.2, -0.15) is 11.3 Å². The molecule has 1 fully saturated rings. The van der Waals surface area contributed by atoms with E-state index in [9.17, 15) is 4.79 Å². The number of hydrogen-bond donors (Lipinski definition) is 1. The summed E-state index contributed by atoms with van der Waals surface area (Å²) in [4.78, 5) is 16.6. The molecule has 3 aromatic rings. The Labute approximate surface area is 192 Å². The van der Waals surface area contributed by atoms with Crippen LogP contribution in [0.2, 0.25) is 0 Å². The summed E-state index contributed by atoms with van der Waals surface area (Å²) in [6.07, 6.45) is 2.41. The highest BCUT2D eigenvalue weighted by Crippen LogP contribution is 2.29. The van der Waals surface area contributed by atoms with Crippen LogP contribution in [0.5, 0.6) is 5.75 Å². The van der Waals surface area contributed by atoms with Crippen molar-refractivity contribution in [3.8, 4) is 5.75 Å². The van der Waals surface area contributed by atoms with Crippen molar-refractivity contribution in [3.05, 3.63) is 82.0 Å². The number of likely N-dealkylation sites (tertiary alicyclic amines) is 1. The van der Waals surface area contributed by atoms with Crippen LogP contribution in [0.15, 0.2) is 70.3 Å². The Balaban J connectivity index is 1.46. The first-order valence-corrected chi connectivity index (χ1v) is 12.6. The summed E-state index contributed by atoms with van der Waals surface area (Å²) in [7, 11) is 1.69. The van der Waals surface area contributed by atoms with Gasteiger partial charge in [0.1, 0.15) is 5.75 Å². The van der Waals surface area contributed by atoms with Crippen molar-refractivity contribution in [3.63, 3.8) is 0 Å². The first-order valence-electron chi connectivity index (χ1n) is 10.6. The van der Waals surface area contributed by atoms with E-state index in [1.807, 2.05) is 36.4 Å². The van der Waals surface area contributed by atoms with Crippen LogP contribution in [0, 0.1) is 0 Å². The number of hydrogen-bond acceptors (Lipinski definition) is 5. The maximum absolute atomic E-state index is 13.1. The second-order valence-electron chi connectivity index (χ2n) is 7.66. The topological polar surface area (TPSA) is 41.6 Å². The van der Waals surface area contributed by atoms with Crippen molar-refractivity contribution in [1.82, 2.24) is 10.2 Å². The number of nitrogens with zero attached hydrogens (tertiary/aromatic N) is 1. The SMILES string of the molecule is COc1cccc(C(CNC(=O)c2ccccc2SCc2ccsc2)N2CCCC2)c1. The number of carbonyl (C=O) groups excluding carboxylic acids is 1. The van der Waals surface area contributed by atoms with Gasteiger partial charge in [0.2, 0.25) is 0 Å². The second-order valence-corrected chi connectivity index (χ2v) is 9.46. The van der Waals surface area contributed by atoms with Crippen LogP contribution < -0.4 is 10.1 Å². The number of amides is 1. The van der Waals surface area contributed by atoms with Crippen molar-refractivity contribution in [2.75, 3.05) is 26.7 Å². The van der Waals surface area contributed by atoms with Gasteiger partial charge in [0.15, 0.2) is 0 Å². The van der Waals surface area contributed by atoms with E-state index in [0.29, 0.717) is 6.54 Å². The lowest BCUT2D eigenvalue weighted by atomic mass is 10.0. The minimum absolute atomic E-state index is 0.0134. The van der Waals surface area contributed by atoms with Gasteiger partial charge in [-0.15, -0.1) is 11.8 Å². The van der Waals surface area contributed by atoms with Crippen LogP contribution >= 0.6 is 23.1 Å². The highest BCUT2D eigenvalue weighted by Gasteiger charge is 2.25. The largest absolute Gasteiger partial charge is 0.497 e. The van der Waals surface area contributed by atoms with E-state index in [-0.39, 0.29) is 11.9 Å². The number of carbonyl (C=O) groups is 1. The van der Waals surface area contributed by atoms with Crippen molar-refractivity contribution in [1.29, 1.82) is 0 Å². The van der Waals surface area contributed by atoms with E-state index in [1.165, 1.54) is 24.0 Å². The fourth-order valence-corrected chi connectivity index (χ4v) is 5.73. The molecule has 6 heteroatoms. The zero-order chi connectivity index (χ0) is 21.5. The molecule has 0 spiro atoms. The second kappa shape index (κ2) is 10.8. The Hall–Kier alpha value is -2.28. The monoisotopic (exact) mass is 452 g/mol. The van der Waals surface area contributed by atoms with E-state index in [4.69, 9.17) is 4.74 Å². The first-order chi connectivity index (χ1) is 15.2. The summed E-state index contributed by atoms with van der Waals surface area (Å²) >= 11 is 3.42. The van der Waals surface area contributed by atoms with Crippen molar-refractivity contribution in [2.45, 2.75) is 29.5 Å². The number of ether oxygens (including phenoxy) is 1. The van der Waals surface area contributed by atoms with Crippen molar-refractivity contribution in [2.24, 2.45) is 0 Å². The van der Waals surface area contributed by atoms with E-state index in [0.717, 1.165) is 35.1 Å². The molecule has 0 bridgehead atoms. The molecule has 4 nitrogen and oxygen atoms in total. The van der Waals surface area contributed by atoms with E-state index >= 15 is 0 Å². The summed E-state index contributed by atoms with van der Waals surface area (Å²) in [6.45, 7) is 2.70. The molecule has 1 aliphatic rings. The number of rotatable bonds is 9. The van der Waals surface area contributed by atoms with Crippen LogP contribution in [-0.4, -0.2) is 37.6 Å². The Bertz CT molecular complexity index is 985. The standard InChI is InChI=1S/C25H28N2O2S2/c1-29-21-8-6-7-20(15-21)23(27-12-4-5-13-27)16-26-25(28)22-9-2-3-10-24(22)31-18-19-11-14-30-17-19/h2-3,6-11,14-15,17,23H,4-5,12-13,16,18H2,1H3,(H,26,28). The number of thiophene rings is 1. The molecule has 2 aromatic carbocycles. The van der Waals surface area contributed by atoms with E-state index in [1.54, 1.807) is 30.2 Å². The Morgan fingerprint density at radius 3 is 2.77 bits per heavy atom. The van der Waals surface area contributed by atoms with Crippen LogP contribution in [0.1, 0.15) is 40.4 Å². The van der Waals surface area contributed by atoms with Gasteiger partial charge in [-0.1, -0.05) is 24.3 Å². The number of nitrogens with one attached hydrogen (secondary N) is 1. The predicted octanol–water partition coefficient (Wildman–Crippen LogP) is 5.62. The number of benzene rings is 2. The third-order valence-electron chi connectivity index (χ3n) is 5.62. The molecule has 1 atom stereocenters. The Kier molecular flexibility index (Phi) is 7.67. The highest BCUT2D eigenvalue weighted by atomic mass is 32.2. The Morgan fingerprint density at radius 2 is 2.00 bits per heavy atom. The van der Waals surface area contributed by atoms with Crippen LogP contribution in [0.25, 0.3) is 0 Å². The summed E-state index contributed by atoms with van der Waals surface area (Å²) in [5.41, 5.74) is 3.22. The molecule has 1 unspecified atom stereocenters. The van der Waals surface area contributed by atoms with Gasteiger partial charge < -0.3 is 10.1 Å². The van der Waals surface area contributed by atoms with Gasteiger partial charge in [-0.3, -0.25) is 9.69 Å². The lowest BCUT2D eigenvalue weighted by molar-refractivity contribution is 0.0935. The maximum atomic E-state index is 13.1. The average molecular weight is 453 g/mol. The lowest BCUT2D eigenvalue weighted by Crippen LogP contribution is -2.37. The molecule has 1 saturated heterocycles. The van der Waals surface area contributed by atoms with Gasteiger partial charge in [0.05, 0.1) is 18.7 Å². The van der Waals surface area contributed by atoms with Crippen LogP contribution in [0.3, 0.4) is 0 Å². The fraction of sp³-hybridized carbons (Fsp3) is 0.320. The third kappa shape index (κ3) is 5.70. The molecule has 0 aliphatic carbocycles. The zero-order valence-corrected chi connectivity index (χ0v) is 19.4. The van der Waals surface area contributed by atoms with Gasteiger partial charge in [-0.25, -0.2) is 0 Å². The molecule has 162 valence electrons. The minimum atomic E-state index is -0.0134. The van der Waals surface area contributed by atoms with Gasteiger partial charge in [0, 0.05) is 17.2 Å². The van der Waals surface area contributed by atoms with E-state index in [2.05, 4.69) is 39.2 Å². The molecule has 1 aromatic heterocycles. The molecule has 1 amide bonds. The molecular weight excluding hydrogens is 424 g/mol. The van der Waals surface area contributed by atoms with Crippen molar-refractivity contribution >= 4 is 29.0 Å². The third-order valence-corrected chi connectivity index (χ3v) is 7.50. The molecule has 2 heterocycles. The molecule has 1 N–H and O–H groups in total. The molecule has 0 radical (unpaired) electrons. The number of methoxy groups -OCH3 is 1. The zero-order valence-electron chi connectivity index (χ0n) is 17.8. The van der Waals surface area contributed by atoms with Crippen LogP contribution in [0.4, 0.5) is 0 Å². The molecular formula is C25H28N2O2S2. The average Bonchev–Trinajstić information content (AvgIpc) is 3.53. The highest BCUT2D eigenvalue weighted by molar-refractivity contribution is 7.98. The van der Waals surface area contributed by atoms with Gasteiger partial charge in [0.25, 0.3) is 5.91 Å². The summed E-state index contributed by atoms with van der Waals surface area (Å²) in [6, 6.07) is 18.4. The summed E-state index contributed by atoms with van der Waals surface area (Å²) in [5.74, 6) is 1.71. The first kappa shape index (κ1) is 21.9. The van der Waals surface area contributed by atoms with Gasteiger partial charge >= 0.3 is 0 Å². The lowest BCUT2D eigenvalue weighted by Gasteiger charge is -2.28. The summed E-state index contributed by atoms with van der Waals surface area (Å²) < 4.78 is 5.43. The fourth-order valence-electron chi connectivity index (χ4n) is 3.96. The quantitative estimate of drug-likeness (QED) is 0.428. The van der Waals surface area contributed by atoms with Gasteiger partial charge in [-0.05, 0) is 78.2 Å². The van der Waals surface area contributed by atoms with Crippen molar-refractivity contribution < 1.29 is 9.53 Å². The molecule has 31 heavy (non-hydrogen) atoms. The molecule has 4 rings (SSSR count). The van der Waals surface area contributed by atoms with E-state index < -0.39 is 0 Å². The van der Waals surface area contributed by atoms with Crippen LogP contribution in [-0.2, 0) is 5.75 Å².